The summed E-state index contributed by atoms with van der Waals surface area (Å²) in [6.07, 6.45) is 0.878. The highest BCUT2D eigenvalue weighted by Gasteiger charge is 2.34. The molecular weight excluding hydrogens is 180 g/mol. The van der Waals surface area contributed by atoms with Gasteiger partial charge in [-0.1, -0.05) is 0 Å². The van der Waals surface area contributed by atoms with Crippen molar-refractivity contribution in [3.8, 4) is 0 Å². The Balaban J connectivity index is 2.37. The highest BCUT2D eigenvalue weighted by Crippen LogP contribution is 2.27. The number of guanidine groups is 1. The Morgan fingerprint density at radius 1 is 1.64 bits per heavy atom. The number of hydrogen-bond donors (Lipinski definition) is 3. The molecule has 5 nitrogen and oxygen atoms in total. The summed E-state index contributed by atoms with van der Waals surface area (Å²) in [6, 6.07) is 0. The summed E-state index contributed by atoms with van der Waals surface area (Å²) < 4.78 is 5.42. The number of aliphatic imine (C=N–C) groups is 1. The molecule has 1 atom stereocenters. The van der Waals surface area contributed by atoms with Crippen LogP contribution in [0.5, 0.6) is 0 Å². The van der Waals surface area contributed by atoms with Gasteiger partial charge in [-0.2, -0.15) is 0 Å². The van der Waals surface area contributed by atoms with Crippen LogP contribution in [0.1, 0.15) is 13.3 Å². The first-order valence-electron chi connectivity index (χ1n) is 4.77. The van der Waals surface area contributed by atoms with Gasteiger partial charge in [-0.05, 0) is 14.0 Å². The van der Waals surface area contributed by atoms with E-state index in [1.165, 1.54) is 0 Å². The predicted octanol–water partition coefficient (Wildman–Crippen LogP) is -0.486. The number of nitrogens with zero attached hydrogens (tertiary/aromatic N) is 1. The third kappa shape index (κ3) is 1.38. The zero-order valence-electron chi connectivity index (χ0n) is 8.55. The van der Waals surface area contributed by atoms with Crippen LogP contribution >= 0.6 is 0 Å². The first-order chi connectivity index (χ1) is 6.65. The Kier molecular flexibility index (Phi) is 2.20. The first-order valence-corrected chi connectivity index (χ1v) is 4.77. The van der Waals surface area contributed by atoms with Crippen LogP contribution in [0.4, 0.5) is 0 Å². The molecule has 2 rings (SSSR count). The third-order valence-electron chi connectivity index (χ3n) is 2.80. The summed E-state index contributed by atoms with van der Waals surface area (Å²) in [6.45, 7) is 3.38. The van der Waals surface area contributed by atoms with E-state index in [1.807, 2.05) is 14.0 Å². The summed E-state index contributed by atoms with van der Waals surface area (Å²) >= 11 is 0. The molecule has 0 spiro atoms. The molecule has 0 bridgehead atoms. The molecule has 0 saturated heterocycles. The maximum atomic E-state index is 5.72. The molecule has 0 amide bonds. The maximum Gasteiger partial charge on any atom is 0.195 e. The minimum Gasteiger partial charge on any atom is -0.376 e. The van der Waals surface area contributed by atoms with Gasteiger partial charge in [0.2, 0.25) is 0 Å². The minimum absolute atomic E-state index is 0.412. The highest BCUT2D eigenvalue weighted by atomic mass is 16.5. The topological polar surface area (TPSA) is 71.7 Å². The third-order valence-corrected chi connectivity index (χ3v) is 2.80. The SMILES string of the molecule is CNC1(C)N=C(N)NC2=C1COCC2. The van der Waals surface area contributed by atoms with E-state index in [2.05, 4.69) is 15.6 Å². The van der Waals surface area contributed by atoms with Crippen molar-refractivity contribution in [2.45, 2.75) is 19.0 Å². The number of nitrogens with one attached hydrogen (secondary N) is 2. The molecule has 1 unspecified atom stereocenters. The van der Waals surface area contributed by atoms with Crippen LogP contribution in [0.2, 0.25) is 0 Å². The Bertz CT molecular complexity index is 310. The van der Waals surface area contributed by atoms with Crippen molar-refractivity contribution >= 4 is 5.96 Å². The van der Waals surface area contributed by atoms with Crippen LogP contribution in [0.3, 0.4) is 0 Å². The lowest BCUT2D eigenvalue weighted by atomic mass is 9.96. The second-order valence-electron chi connectivity index (χ2n) is 3.70. The Morgan fingerprint density at radius 2 is 2.43 bits per heavy atom. The Labute approximate surface area is 83.4 Å². The molecule has 5 heteroatoms. The lowest BCUT2D eigenvalue weighted by Crippen LogP contribution is -2.52. The molecule has 0 aliphatic carbocycles. The second-order valence-corrected chi connectivity index (χ2v) is 3.70. The lowest BCUT2D eigenvalue weighted by Gasteiger charge is -2.36. The van der Waals surface area contributed by atoms with Gasteiger partial charge >= 0.3 is 0 Å². The fourth-order valence-corrected chi connectivity index (χ4v) is 1.86. The van der Waals surface area contributed by atoms with Crippen LogP contribution in [0.15, 0.2) is 16.3 Å². The summed E-state index contributed by atoms with van der Waals surface area (Å²) in [5.41, 5.74) is 7.61. The Morgan fingerprint density at radius 3 is 3.14 bits per heavy atom. The molecule has 0 aromatic carbocycles. The number of ether oxygens (including phenoxy) is 1. The van der Waals surface area contributed by atoms with Crippen LogP contribution in [0.25, 0.3) is 0 Å². The normalized spacial score (nSPS) is 32.0. The molecule has 2 aliphatic heterocycles. The van der Waals surface area contributed by atoms with Gasteiger partial charge in [-0.3, -0.25) is 5.32 Å². The van der Waals surface area contributed by atoms with E-state index in [0.29, 0.717) is 12.6 Å². The number of hydrogen-bond acceptors (Lipinski definition) is 5. The van der Waals surface area contributed by atoms with Gasteiger partial charge in [0.1, 0.15) is 5.66 Å². The molecule has 78 valence electrons. The van der Waals surface area contributed by atoms with Crippen molar-refractivity contribution in [1.29, 1.82) is 0 Å². The fourth-order valence-electron chi connectivity index (χ4n) is 1.86. The highest BCUT2D eigenvalue weighted by molar-refractivity contribution is 5.82. The smallest absolute Gasteiger partial charge is 0.195 e. The monoisotopic (exact) mass is 196 g/mol. The largest absolute Gasteiger partial charge is 0.376 e. The van der Waals surface area contributed by atoms with Crippen LogP contribution in [0, 0.1) is 0 Å². The summed E-state index contributed by atoms with van der Waals surface area (Å²) in [4.78, 5) is 4.35. The fraction of sp³-hybridized carbons (Fsp3) is 0.667. The zero-order chi connectivity index (χ0) is 10.2. The van der Waals surface area contributed by atoms with E-state index < -0.39 is 5.66 Å². The second kappa shape index (κ2) is 3.25. The van der Waals surface area contributed by atoms with Crippen molar-refractivity contribution in [2.24, 2.45) is 10.7 Å². The van der Waals surface area contributed by atoms with E-state index >= 15 is 0 Å². The van der Waals surface area contributed by atoms with Crippen molar-refractivity contribution in [1.82, 2.24) is 10.6 Å². The molecule has 14 heavy (non-hydrogen) atoms. The number of likely N-dealkylation sites (N-methyl/N-ethyl adjacent to an activating group) is 1. The molecule has 0 saturated carbocycles. The van der Waals surface area contributed by atoms with Crippen molar-refractivity contribution in [2.75, 3.05) is 20.3 Å². The molecule has 0 fully saturated rings. The first kappa shape index (κ1) is 9.48. The van der Waals surface area contributed by atoms with Gasteiger partial charge in [0.15, 0.2) is 5.96 Å². The molecule has 0 aromatic heterocycles. The number of rotatable bonds is 1. The van der Waals surface area contributed by atoms with Crippen LogP contribution in [-0.2, 0) is 4.74 Å². The maximum absolute atomic E-state index is 5.72. The molecule has 0 aromatic rings. The standard InChI is InChI=1S/C9H16N4O/c1-9(11-2)6-5-14-4-3-7(6)12-8(10)13-9/h11H,3-5H2,1-2H3,(H3,10,12,13). The lowest BCUT2D eigenvalue weighted by molar-refractivity contribution is 0.130. The van der Waals surface area contributed by atoms with Gasteiger partial charge in [0.05, 0.1) is 13.2 Å². The summed E-state index contributed by atoms with van der Waals surface area (Å²) in [5, 5.41) is 6.26. The summed E-state index contributed by atoms with van der Waals surface area (Å²) in [7, 11) is 1.88. The van der Waals surface area contributed by atoms with Gasteiger partial charge < -0.3 is 15.8 Å². The minimum atomic E-state index is -0.412. The van der Waals surface area contributed by atoms with Crippen LogP contribution in [-0.4, -0.2) is 31.9 Å². The van der Waals surface area contributed by atoms with E-state index in [4.69, 9.17) is 10.5 Å². The zero-order valence-corrected chi connectivity index (χ0v) is 8.55. The van der Waals surface area contributed by atoms with Gasteiger partial charge in [-0.15, -0.1) is 0 Å². The average molecular weight is 196 g/mol. The van der Waals surface area contributed by atoms with E-state index in [1.54, 1.807) is 0 Å². The molecular formula is C9H16N4O. The van der Waals surface area contributed by atoms with Gasteiger partial charge in [0, 0.05) is 17.7 Å². The van der Waals surface area contributed by atoms with E-state index in [0.717, 1.165) is 24.3 Å². The molecule has 0 radical (unpaired) electrons. The van der Waals surface area contributed by atoms with Gasteiger partial charge in [-0.25, -0.2) is 4.99 Å². The number of nitrogens with two attached hydrogens (primary N) is 1. The van der Waals surface area contributed by atoms with Crippen molar-refractivity contribution < 1.29 is 4.74 Å². The van der Waals surface area contributed by atoms with Crippen molar-refractivity contribution in [3.05, 3.63) is 11.3 Å². The van der Waals surface area contributed by atoms with Crippen molar-refractivity contribution in [3.63, 3.8) is 0 Å². The van der Waals surface area contributed by atoms with Crippen LogP contribution < -0.4 is 16.4 Å². The van der Waals surface area contributed by atoms with E-state index in [-0.39, 0.29) is 0 Å². The predicted molar refractivity (Wildman–Crippen MR) is 54.7 cm³/mol. The molecule has 4 N–H and O–H groups in total. The Hall–Kier alpha value is -1.07. The van der Waals surface area contributed by atoms with Gasteiger partial charge in [0.25, 0.3) is 0 Å². The molecule has 2 aliphatic rings. The average Bonchev–Trinajstić information content (AvgIpc) is 2.17. The van der Waals surface area contributed by atoms with E-state index in [9.17, 15) is 0 Å². The molecule has 2 heterocycles. The summed E-state index contributed by atoms with van der Waals surface area (Å²) in [5.74, 6) is 0.475. The quantitative estimate of drug-likeness (QED) is 0.529.